The zero-order chi connectivity index (χ0) is 18.4. The Morgan fingerprint density at radius 2 is 1.88 bits per heavy atom. The molecule has 0 bridgehead atoms. The molecule has 1 saturated heterocycles. The lowest BCUT2D eigenvalue weighted by atomic mass is 10.1. The van der Waals surface area contributed by atoms with E-state index in [0.29, 0.717) is 13.1 Å². The number of carbonyl (C=O) groups excluding carboxylic acids is 2. The molecule has 3 N–H and O–H groups in total. The summed E-state index contributed by atoms with van der Waals surface area (Å²) in [5.74, 6) is -0.249. The SMILES string of the molecule is Cc1cccc(CN2CCN(C(=O)CNC(=O)[C@@H](N)C(C)C)CC2)c1. The topological polar surface area (TPSA) is 78.7 Å². The first-order valence-corrected chi connectivity index (χ1v) is 8.96. The Labute approximate surface area is 150 Å². The zero-order valence-electron chi connectivity index (χ0n) is 15.5. The van der Waals surface area contributed by atoms with Gasteiger partial charge in [-0.3, -0.25) is 14.5 Å². The fourth-order valence-corrected chi connectivity index (χ4v) is 2.92. The molecule has 1 fully saturated rings. The molecule has 0 radical (unpaired) electrons. The van der Waals surface area contributed by atoms with Crippen LogP contribution in [-0.2, 0) is 16.1 Å². The summed E-state index contributed by atoms with van der Waals surface area (Å²) in [6.45, 7) is 9.88. The maximum absolute atomic E-state index is 12.3. The number of hydrogen-bond acceptors (Lipinski definition) is 4. The van der Waals surface area contributed by atoms with Crippen LogP contribution in [0.15, 0.2) is 24.3 Å². The van der Waals surface area contributed by atoms with E-state index in [1.165, 1.54) is 11.1 Å². The summed E-state index contributed by atoms with van der Waals surface area (Å²) < 4.78 is 0. The van der Waals surface area contributed by atoms with Crippen LogP contribution in [-0.4, -0.2) is 60.4 Å². The summed E-state index contributed by atoms with van der Waals surface area (Å²) in [4.78, 5) is 28.3. The molecule has 138 valence electrons. The van der Waals surface area contributed by atoms with Crippen LogP contribution in [0.25, 0.3) is 0 Å². The summed E-state index contributed by atoms with van der Waals surface area (Å²) in [5, 5.41) is 2.65. The van der Waals surface area contributed by atoms with E-state index in [2.05, 4.69) is 41.4 Å². The van der Waals surface area contributed by atoms with Crippen molar-refractivity contribution in [2.75, 3.05) is 32.7 Å². The number of benzene rings is 1. The van der Waals surface area contributed by atoms with Crippen molar-refractivity contribution in [3.63, 3.8) is 0 Å². The number of nitrogens with two attached hydrogens (primary N) is 1. The molecule has 0 saturated carbocycles. The second-order valence-electron chi connectivity index (χ2n) is 7.13. The molecule has 2 amide bonds. The second kappa shape index (κ2) is 8.97. The number of amides is 2. The van der Waals surface area contributed by atoms with E-state index in [1.54, 1.807) is 0 Å². The highest BCUT2D eigenvalue weighted by atomic mass is 16.2. The van der Waals surface area contributed by atoms with Crippen LogP contribution < -0.4 is 11.1 Å². The molecule has 1 heterocycles. The van der Waals surface area contributed by atoms with Crippen LogP contribution in [0.2, 0.25) is 0 Å². The summed E-state index contributed by atoms with van der Waals surface area (Å²) >= 11 is 0. The van der Waals surface area contributed by atoms with Gasteiger partial charge in [0.15, 0.2) is 0 Å². The summed E-state index contributed by atoms with van der Waals surface area (Å²) in [6, 6.07) is 7.94. The molecular weight excluding hydrogens is 316 g/mol. The van der Waals surface area contributed by atoms with E-state index in [1.807, 2.05) is 18.7 Å². The van der Waals surface area contributed by atoms with Gasteiger partial charge in [-0.25, -0.2) is 0 Å². The number of nitrogens with zero attached hydrogens (tertiary/aromatic N) is 2. The lowest BCUT2D eigenvalue weighted by Gasteiger charge is -2.35. The van der Waals surface area contributed by atoms with E-state index in [4.69, 9.17) is 5.73 Å². The predicted octanol–water partition coefficient (Wildman–Crippen LogP) is 0.739. The van der Waals surface area contributed by atoms with Gasteiger partial charge in [0, 0.05) is 32.7 Å². The standard InChI is InChI=1S/C19H30N4O2/c1-14(2)18(20)19(25)21-12-17(24)23-9-7-22(8-10-23)13-16-6-4-5-15(3)11-16/h4-6,11,14,18H,7-10,12-13,20H2,1-3H3,(H,21,25)/t18-/m0/s1. The number of hydrogen-bond donors (Lipinski definition) is 2. The highest BCUT2D eigenvalue weighted by Crippen LogP contribution is 2.10. The fraction of sp³-hybridized carbons (Fsp3) is 0.579. The third kappa shape index (κ3) is 5.83. The van der Waals surface area contributed by atoms with Crippen LogP contribution in [0, 0.1) is 12.8 Å². The largest absolute Gasteiger partial charge is 0.346 e. The molecule has 0 spiro atoms. The molecule has 6 nitrogen and oxygen atoms in total. The van der Waals surface area contributed by atoms with Crippen LogP contribution in [0.1, 0.15) is 25.0 Å². The van der Waals surface area contributed by atoms with Crippen molar-refractivity contribution in [1.82, 2.24) is 15.1 Å². The minimum atomic E-state index is -0.570. The molecule has 0 aliphatic carbocycles. The fourth-order valence-electron chi connectivity index (χ4n) is 2.92. The molecule has 1 aliphatic rings. The Morgan fingerprint density at radius 1 is 1.20 bits per heavy atom. The van der Waals surface area contributed by atoms with E-state index in [-0.39, 0.29) is 24.3 Å². The quantitative estimate of drug-likeness (QED) is 0.796. The maximum Gasteiger partial charge on any atom is 0.242 e. The van der Waals surface area contributed by atoms with E-state index < -0.39 is 6.04 Å². The molecule has 1 aromatic rings. The van der Waals surface area contributed by atoms with Crippen molar-refractivity contribution in [1.29, 1.82) is 0 Å². The number of aryl methyl sites for hydroxylation is 1. The lowest BCUT2D eigenvalue weighted by molar-refractivity contribution is -0.134. The first kappa shape index (κ1) is 19.4. The highest BCUT2D eigenvalue weighted by molar-refractivity contribution is 5.87. The average molecular weight is 346 g/mol. The van der Waals surface area contributed by atoms with Crippen molar-refractivity contribution < 1.29 is 9.59 Å². The average Bonchev–Trinajstić information content (AvgIpc) is 2.59. The predicted molar refractivity (Wildman–Crippen MR) is 98.9 cm³/mol. The maximum atomic E-state index is 12.3. The van der Waals surface area contributed by atoms with Crippen LogP contribution in [0.4, 0.5) is 0 Å². The first-order valence-electron chi connectivity index (χ1n) is 8.96. The molecule has 1 atom stereocenters. The Bertz CT molecular complexity index is 595. The van der Waals surface area contributed by atoms with Crippen molar-refractivity contribution in [3.8, 4) is 0 Å². The van der Waals surface area contributed by atoms with Gasteiger partial charge in [0.1, 0.15) is 0 Å². The Morgan fingerprint density at radius 3 is 2.48 bits per heavy atom. The first-order chi connectivity index (χ1) is 11.9. The van der Waals surface area contributed by atoms with Crippen molar-refractivity contribution in [3.05, 3.63) is 35.4 Å². The summed E-state index contributed by atoms with van der Waals surface area (Å²) in [7, 11) is 0. The van der Waals surface area contributed by atoms with E-state index in [9.17, 15) is 9.59 Å². The number of carbonyl (C=O) groups is 2. The monoisotopic (exact) mass is 346 g/mol. The summed E-state index contributed by atoms with van der Waals surface area (Å²) in [5.41, 5.74) is 8.35. The Kier molecular flexibility index (Phi) is 6.96. The van der Waals surface area contributed by atoms with E-state index >= 15 is 0 Å². The van der Waals surface area contributed by atoms with Gasteiger partial charge >= 0.3 is 0 Å². The van der Waals surface area contributed by atoms with Gasteiger partial charge in [0.25, 0.3) is 0 Å². The van der Waals surface area contributed by atoms with Crippen LogP contribution in [0.3, 0.4) is 0 Å². The molecule has 25 heavy (non-hydrogen) atoms. The van der Waals surface area contributed by atoms with Crippen molar-refractivity contribution in [2.24, 2.45) is 11.7 Å². The third-order valence-electron chi connectivity index (χ3n) is 4.65. The smallest absolute Gasteiger partial charge is 0.242 e. The van der Waals surface area contributed by atoms with Crippen LogP contribution in [0.5, 0.6) is 0 Å². The minimum Gasteiger partial charge on any atom is -0.346 e. The summed E-state index contributed by atoms with van der Waals surface area (Å²) in [6.07, 6.45) is 0. The molecule has 0 aromatic heterocycles. The van der Waals surface area contributed by atoms with E-state index in [0.717, 1.165) is 19.6 Å². The number of piperazine rings is 1. The van der Waals surface area contributed by atoms with Gasteiger partial charge in [0.2, 0.25) is 11.8 Å². The van der Waals surface area contributed by atoms with Gasteiger partial charge in [-0.1, -0.05) is 43.7 Å². The van der Waals surface area contributed by atoms with Crippen molar-refractivity contribution >= 4 is 11.8 Å². The molecule has 1 aromatic carbocycles. The number of rotatable bonds is 6. The van der Waals surface area contributed by atoms with Gasteiger partial charge in [-0.2, -0.15) is 0 Å². The Balaban J connectivity index is 1.74. The lowest BCUT2D eigenvalue weighted by Crippen LogP contribution is -2.52. The number of nitrogens with one attached hydrogen (secondary N) is 1. The van der Waals surface area contributed by atoms with Gasteiger partial charge in [0.05, 0.1) is 12.6 Å². The molecule has 6 heteroatoms. The second-order valence-corrected chi connectivity index (χ2v) is 7.13. The molecule has 0 unspecified atom stereocenters. The van der Waals surface area contributed by atoms with Gasteiger partial charge < -0.3 is 16.0 Å². The molecule has 1 aliphatic heterocycles. The Hall–Kier alpha value is -1.92. The normalized spacial score (nSPS) is 16.8. The van der Waals surface area contributed by atoms with Gasteiger partial charge in [-0.05, 0) is 18.4 Å². The van der Waals surface area contributed by atoms with Gasteiger partial charge in [-0.15, -0.1) is 0 Å². The molecule has 2 rings (SSSR count). The third-order valence-corrected chi connectivity index (χ3v) is 4.65. The highest BCUT2D eigenvalue weighted by Gasteiger charge is 2.23. The van der Waals surface area contributed by atoms with Crippen molar-refractivity contribution in [2.45, 2.75) is 33.4 Å². The minimum absolute atomic E-state index is 0.0249. The van der Waals surface area contributed by atoms with Crippen LogP contribution >= 0.6 is 0 Å². The molecular formula is C19H30N4O2. The zero-order valence-corrected chi connectivity index (χ0v) is 15.5.